The molecule has 3 rings (SSSR count). The van der Waals surface area contributed by atoms with Crippen LogP contribution in [-0.4, -0.2) is 52.9 Å². The van der Waals surface area contributed by atoms with E-state index in [0.717, 1.165) is 32.4 Å². The van der Waals surface area contributed by atoms with Crippen LogP contribution in [0.5, 0.6) is 11.5 Å². The van der Waals surface area contributed by atoms with Crippen molar-refractivity contribution in [1.82, 2.24) is 10.6 Å². The quantitative estimate of drug-likeness (QED) is 0.697. The number of halogens is 1. The van der Waals surface area contributed by atoms with Gasteiger partial charge in [0, 0.05) is 25.5 Å². The van der Waals surface area contributed by atoms with Gasteiger partial charge in [0.2, 0.25) is 5.91 Å². The zero-order valence-corrected chi connectivity index (χ0v) is 16.9. The summed E-state index contributed by atoms with van der Waals surface area (Å²) in [5, 5.41) is 6.10. The molecule has 1 atom stereocenters. The highest BCUT2D eigenvalue weighted by Crippen LogP contribution is 2.32. The number of nitrogens with one attached hydrogen (secondary N) is 2. The zero-order valence-electron chi connectivity index (χ0n) is 15.2. The normalized spacial score (nSPS) is 19.0. The van der Waals surface area contributed by atoms with Crippen molar-refractivity contribution in [2.75, 3.05) is 38.6 Å². The van der Waals surface area contributed by atoms with Crippen LogP contribution in [0.2, 0.25) is 0 Å². The molecule has 2 aliphatic heterocycles. The molecule has 152 valence electrons. The highest BCUT2D eigenvalue weighted by molar-refractivity contribution is 7.91. The molecule has 0 saturated carbocycles. The molecule has 0 aliphatic carbocycles. The number of rotatable bonds is 7. The van der Waals surface area contributed by atoms with Gasteiger partial charge < -0.3 is 20.1 Å². The van der Waals surface area contributed by atoms with Crippen molar-refractivity contribution in [3.63, 3.8) is 0 Å². The maximum absolute atomic E-state index is 12.5. The van der Waals surface area contributed by atoms with Crippen molar-refractivity contribution in [2.24, 2.45) is 5.92 Å². The molecular weight excluding hydrogens is 392 g/mol. The van der Waals surface area contributed by atoms with Crippen LogP contribution in [0, 0.1) is 5.92 Å². The highest BCUT2D eigenvalue weighted by Gasteiger charge is 2.20. The molecule has 0 bridgehead atoms. The average molecular weight is 419 g/mol. The summed E-state index contributed by atoms with van der Waals surface area (Å²) in [4.78, 5) is 12.1. The van der Waals surface area contributed by atoms with E-state index >= 15 is 0 Å². The first kappa shape index (κ1) is 21.8. The number of sulfone groups is 1. The smallest absolute Gasteiger partial charge is 0.221 e. The second kappa shape index (κ2) is 10.1. The molecule has 0 spiro atoms. The van der Waals surface area contributed by atoms with Crippen molar-refractivity contribution in [3.05, 3.63) is 18.2 Å². The van der Waals surface area contributed by atoms with Crippen LogP contribution < -0.4 is 20.1 Å². The minimum absolute atomic E-state index is 0. The predicted octanol–water partition coefficient (Wildman–Crippen LogP) is 1.55. The monoisotopic (exact) mass is 418 g/mol. The molecule has 2 heterocycles. The Morgan fingerprint density at radius 2 is 2.00 bits per heavy atom. The zero-order chi connectivity index (χ0) is 18.4. The number of carbonyl (C=O) groups excluding carboxylic acids is 1. The van der Waals surface area contributed by atoms with Gasteiger partial charge in [-0.3, -0.25) is 4.79 Å². The number of hydrogen-bond donors (Lipinski definition) is 2. The van der Waals surface area contributed by atoms with Crippen LogP contribution in [0.3, 0.4) is 0 Å². The molecule has 1 amide bonds. The lowest BCUT2D eigenvalue weighted by Gasteiger charge is -2.11. The Hall–Kier alpha value is -1.51. The first-order valence-electron chi connectivity index (χ1n) is 9.14. The van der Waals surface area contributed by atoms with Crippen molar-refractivity contribution in [2.45, 2.75) is 30.6 Å². The van der Waals surface area contributed by atoms with E-state index in [9.17, 15) is 13.2 Å². The van der Waals surface area contributed by atoms with Crippen LogP contribution in [0.25, 0.3) is 0 Å². The summed E-state index contributed by atoms with van der Waals surface area (Å²) in [7, 11) is -3.55. The standard InChI is InChI=1S/C18H26N2O5S.ClH/c21-18(20-8-5-14-4-7-19-13-14)6-11-26(22,23)15-2-3-16-17(12-15)25-10-1-9-24-16;/h2-3,12,14,19H,1,4-11,13H2,(H,20,21);1H. The minimum atomic E-state index is -3.55. The second-order valence-corrected chi connectivity index (χ2v) is 8.83. The summed E-state index contributed by atoms with van der Waals surface area (Å²) in [6.45, 7) is 3.67. The van der Waals surface area contributed by atoms with Gasteiger partial charge in [-0.15, -0.1) is 12.4 Å². The van der Waals surface area contributed by atoms with Gasteiger partial charge in [0.25, 0.3) is 0 Å². The Morgan fingerprint density at radius 3 is 2.74 bits per heavy atom. The molecule has 1 fully saturated rings. The average Bonchev–Trinajstić information content (AvgIpc) is 3.03. The summed E-state index contributed by atoms with van der Waals surface area (Å²) in [5.74, 6) is 1.15. The molecule has 0 radical (unpaired) electrons. The molecule has 27 heavy (non-hydrogen) atoms. The molecule has 7 nitrogen and oxygen atoms in total. The van der Waals surface area contributed by atoms with E-state index in [1.807, 2.05) is 0 Å². The number of fused-ring (bicyclic) bond motifs is 1. The first-order valence-corrected chi connectivity index (χ1v) is 10.8. The van der Waals surface area contributed by atoms with E-state index in [0.29, 0.717) is 37.2 Å². The van der Waals surface area contributed by atoms with Crippen molar-refractivity contribution in [3.8, 4) is 11.5 Å². The molecule has 2 aliphatic rings. The number of benzene rings is 1. The third kappa shape index (κ3) is 6.26. The van der Waals surface area contributed by atoms with Gasteiger partial charge in [0.15, 0.2) is 21.3 Å². The largest absolute Gasteiger partial charge is 0.490 e. The Labute approximate surface area is 166 Å². The topological polar surface area (TPSA) is 93.7 Å². The van der Waals surface area contributed by atoms with Crippen LogP contribution in [0.1, 0.15) is 25.7 Å². The van der Waals surface area contributed by atoms with Crippen LogP contribution >= 0.6 is 12.4 Å². The summed E-state index contributed by atoms with van der Waals surface area (Å²) >= 11 is 0. The van der Waals surface area contributed by atoms with Crippen molar-refractivity contribution >= 4 is 28.2 Å². The van der Waals surface area contributed by atoms with E-state index in [1.54, 1.807) is 6.07 Å². The van der Waals surface area contributed by atoms with Gasteiger partial charge in [-0.1, -0.05) is 0 Å². The Balaban J connectivity index is 0.00000261. The SMILES string of the molecule is Cl.O=C(CCS(=O)(=O)c1ccc2c(c1)OCCCO2)NCCC1CCNC1. The lowest BCUT2D eigenvalue weighted by atomic mass is 10.1. The predicted molar refractivity (Wildman–Crippen MR) is 105 cm³/mol. The number of amides is 1. The van der Waals surface area contributed by atoms with E-state index in [4.69, 9.17) is 9.47 Å². The third-order valence-corrected chi connectivity index (χ3v) is 6.43. The van der Waals surface area contributed by atoms with Gasteiger partial charge in [0.05, 0.1) is 23.9 Å². The maximum atomic E-state index is 12.5. The minimum Gasteiger partial charge on any atom is -0.490 e. The lowest BCUT2D eigenvalue weighted by Crippen LogP contribution is -2.28. The summed E-state index contributed by atoms with van der Waals surface area (Å²) < 4.78 is 36.1. The lowest BCUT2D eigenvalue weighted by molar-refractivity contribution is -0.120. The molecule has 0 aromatic heterocycles. The van der Waals surface area contributed by atoms with Crippen LogP contribution in [0.15, 0.2) is 23.1 Å². The van der Waals surface area contributed by atoms with Gasteiger partial charge in [-0.2, -0.15) is 0 Å². The summed E-state index contributed by atoms with van der Waals surface area (Å²) in [5.41, 5.74) is 0. The summed E-state index contributed by atoms with van der Waals surface area (Å²) in [6, 6.07) is 4.61. The van der Waals surface area contributed by atoms with E-state index < -0.39 is 9.84 Å². The molecule has 2 N–H and O–H groups in total. The molecule has 1 aromatic carbocycles. The van der Waals surface area contributed by atoms with Crippen LogP contribution in [0.4, 0.5) is 0 Å². The van der Waals surface area contributed by atoms with Crippen molar-refractivity contribution in [1.29, 1.82) is 0 Å². The number of carbonyl (C=O) groups is 1. The fraction of sp³-hybridized carbons (Fsp3) is 0.611. The van der Waals surface area contributed by atoms with Gasteiger partial charge in [-0.05, 0) is 44.0 Å². The number of hydrogen-bond acceptors (Lipinski definition) is 6. The number of ether oxygens (including phenoxy) is 2. The molecule has 1 unspecified atom stereocenters. The molecule has 1 aromatic rings. The van der Waals surface area contributed by atoms with Crippen LogP contribution in [-0.2, 0) is 14.6 Å². The maximum Gasteiger partial charge on any atom is 0.221 e. The second-order valence-electron chi connectivity index (χ2n) is 6.73. The fourth-order valence-corrected chi connectivity index (χ4v) is 4.40. The Kier molecular flexibility index (Phi) is 8.19. The molecular formula is C18H27ClN2O5S. The highest BCUT2D eigenvalue weighted by atomic mass is 35.5. The summed E-state index contributed by atoms with van der Waals surface area (Å²) in [6.07, 6.45) is 2.77. The molecule has 9 heteroatoms. The fourth-order valence-electron chi connectivity index (χ4n) is 3.15. The van der Waals surface area contributed by atoms with Gasteiger partial charge in [0.1, 0.15) is 0 Å². The first-order chi connectivity index (χ1) is 12.5. The van der Waals surface area contributed by atoms with Gasteiger partial charge >= 0.3 is 0 Å². The van der Waals surface area contributed by atoms with Gasteiger partial charge in [-0.25, -0.2) is 8.42 Å². The Bertz CT molecular complexity index is 735. The Morgan fingerprint density at radius 1 is 1.22 bits per heavy atom. The third-order valence-electron chi connectivity index (χ3n) is 4.71. The van der Waals surface area contributed by atoms with E-state index in [2.05, 4.69) is 10.6 Å². The van der Waals surface area contributed by atoms with E-state index in [1.165, 1.54) is 12.1 Å². The van der Waals surface area contributed by atoms with E-state index in [-0.39, 0.29) is 35.4 Å². The van der Waals surface area contributed by atoms with Crippen molar-refractivity contribution < 1.29 is 22.7 Å². The molecule has 1 saturated heterocycles.